The summed E-state index contributed by atoms with van der Waals surface area (Å²) < 4.78 is 89.3. The number of rotatable bonds is 11. The van der Waals surface area contributed by atoms with Crippen molar-refractivity contribution >= 4 is 23.5 Å². The van der Waals surface area contributed by atoms with Crippen molar-refractivity contribution in [3.05, 3.63) is 53.6 Å². The van der Waals surface area contributed by atoms with Crippen molar-refractivity contribution < 1.29 is 45.4 Å². The molecule has 4 N–H and O–H groups in total. The minimum Gasteiger partial charge on any atom is -0.493 e. The summed E-state index contributed by atoms with van der Waals surface area (Å²) in [5, 5.41) is 16.6. The minimum absolute atomic E-state index is 0.0802. The van der Waals surface area contributed by atoms with E-state index in [1.54, 1.807) is 18.2 Å². The maximum Gasteiger partial charge on any atom is 0.491 e. The van der Waals surface area contributed by atoms with Gasteiger partial charge in [-0.25, -0.2) is 0 Å². The van der Waals surface area contributed by atoms with Crippen LogP contribution in [0.4, 0.5) is 32.0 Å². The Hall–Kier alpha value is -4.17. The van der Waals surface area contributed by atoms with E-state index >= 15 is 0 Å². The lowest BCUT2D eigenvalue weighted by molar-refractivity contribution is -0.226. The van der Waals surface area contributed by atoms with E-state index in [0.717, 1.165) is 56.4 Å². The van der Waals surface area contributed by atoms with Gasteiger partial charge in [-0.3, -0.25) is 20.3 Å². The number of carbonyl (C=O) groups excluding carboxylic acids is 2. The van der Waals surface area contributed by atoms with Gasteiger partial charge in [0, 0.05) is 0 Å². The van der Waals surface area contributed by atoms with Crippen molar-refractivity contribution in [2.75, 3.05) is 19.1 Å². The molecule has 9 nitrogen and oxygen atoms in total. The molecule has 1 atom stereocenters. The number of guanidine groups is 1. The van der Waals surface area contributed by atoms with E-state index in [1.165, 1.54) is 14.2 Å². The molecule has 0 unspecified atom stereocenters. The van der Waals surface area contributed by atoms with E-state index in [2.05, 4.69) is 16.0 Å². The number of hydrogen-bond donors (Lipinski definition) is 4. The Balaban J connectivity index is 1.44. The molecule has 0 aliphatic heterocycles. The van der Waals surface area contributed by atoms with E-state index in [0.29, 0.717) is 41.9 Å². The molecule has 2 aliphatic carbocycles. The molecule has 252 valence electrons. The molecule has 15 heteroatoms. The second-order valence-corrected chi connectivity index (χ2v) is 11.6. The predicted octanol–water partition coefficient (Wildman–Crippen LogP) is 5.88. The van der Waals surface area contributed by atoms with E-state index in [9.17, 15) is 35.9 Å². The van der Waals surface area contributed by atoms with Crippen LogP contribution in [0.2, 0.25) is 0 Å². The summed E-state index contributed by atoms with van der Waals surface area (Å²) in [6, 6.07) is 7.80. The van der Waals surface area contributed by atoms with Crippen LogP contribution in [0, 0.1) is 11.3 Å². The molecule has 0 saturated heterocycles. The highest BCUT2D eigenvalue weighted by atomic mass is 19.4. The molecule has 2 aliphatic rings. The summed E-state index contributed by atoms with van der Waals surface area (Å²) in [6.07, 6.45) is -5.32. The number of anilines is 1. The lowest BCUT2D eigenvalue weighted by Gasteiger charge is -2.30. The number of halogens is 6. The van der Waals surface area contributed by atoms with Crippen molar-refractivity contribution in [1.82, 2.24) is 16.0 Å². The van der Waals surface area contributed by atoms with Gasteiger partial charge in [-0.15, -0.1) is 26.3 Å². The SMILES string of the molecule is COc1ccc(CC(=O)NC(=N)N[C@H](CC2CCCCC2)C(=O)NC2(c3ccc(N(C(F)(F)F)C(F)(F)F)cc3)CC2)cc1OC. The third-order valence-corrected chi connectivity index (χ3v) is 8.30. The van der Waals surface area contributed by atoms with Crippen LogP contribution in [-0.4, -0.2) is 50.6 Å². The Bertz CT molecular complexity index is 1380. The number of alkyl halides is 6. The van der Waals surface area contributed by atoms with Crippen LogP contribution in [0.5, 0.6) is 11.5 Å². The van der Waals surface area contributed by atoms with Crippen LogP contribution in [0.1, 0.15) is 62.5 Å². The van der Waals surface area contributed by atoms with Crippen LogP contribution >= 0.6 is 0 Å². The number of carbonyl (C=O) groups is 2. The number of methoxy groups -OCH3 is 2. The molecule has 46 heavy (non-hydrogen) atoms. The topological polar surface area (TPSA) is 116 Å². The zero-order valence-corrected chi connectivity index (χ0v) is 25.4. The smallest absolute Gasteiger partial charge is 0.491 e. The molecule has 0 heterocycles. The van der Waals surface area contributed by atoms with Crippen LogP contribution in [0.15, 0.2) is 42.5 Å². The Morgan fingerprint density at radius 1 is 0.935 bits per heavy atom. The number of amides is 2. The first-order valence-corrected chi connectivity index (χ1v) is 14.9. The highest BCUT2D eigenvalue weighted by Gasteiger charge is 2.54. The summed E-state index contributed by atoms with van der Waals surface area (Å²) in [5.41, 5.74) is -1.10. The Kier molecular flexibility index (Phi) is 10.6. The molecule has 0 aromatic heterocycles. The fourth-order valence-corrected chi connectivity index (χ4v) is 5.86. The summed E-state index contributed by atoms with van der Waals surface area (Å²) in [7, 11) is 2.95. The lowest BCUT2D eigenvalue weighted by atomic mass is 9.84. The fraction of sp³-hybridized carbons (Fsp3) is 0.516. The van der Waals surface area contributed by atoms with Gasteiger partial charge >= 0.3 is 12.6 Å². The third kappa shape index (κ3) is 8.75. The summed E-state index contributed by atoms with van der Waals surface area (Å²) in [4.78, 5) is 24.8. The highest BCUT2D eigenvalue weighted by molar-refractivity contribution is 5.98. The fourth-order valence-electron chi connectivity index (χ4n) is 5.86. The van der Waals surface area contributed by atoms with Crippen molar-refractivity contribution in [1.29, 1.82) is 5.41 Å². The van der Waals surface area contributed by atoms with Crippen molar-refractivity contribution in [2.24, 2.45) is 5.92 Å². The summed E-state index contributed by atoms with van der Waals surface area (Å²) in [6.45, 7) is 0. The van der Waals surface area contributed by atoms with Gasteiger partial charge < -0.3 is 20.1 Å². The molecule has 0 spiro atoms. The van der Waals surface area contributed by atoms with Crippen LogP contribution in [0.25, 0.3) is 0 Å². The van der Waals surface area contributed by atoms with Gasteiger partial charge in [0.2, 0.25) is 11.8 Å². The molecular weight excluding hydrogens is 620 g/mol. The van der Waals surface area contributed by atoms with Gasteiger partial charge in [-0.05, 0) is 60.6 Å². The first-order chi connectivity index (χ1) is 21.6. The van der Waals surface area contributed by atoms with Gasteiger partial charge in [0.05, 0.1) is 31.9 Å². The zero-order valence-electron chi connectivity index (χ0n) is 25.4. The van der Waals surface area contributed by atoms with Gasteiger partial charge in [-0.1, -0.05) is 50.3 Å². The maximum absolute atomic E-state index is 13.6. The number of benzene rings is 2. The van der Waals surface area contributed by atoms with Crippen molar-refractivity contribution in [3.63, 3.8) is 0 Å². The summed E-state index contributed by atoms with van der Waals surface area (Å²) >= 11 is 0. The average Bonchev–Trinajstić information content (AvgIpc) is 3.76. The first kappa shape index (κ1) is 34.7. The Morgan fingerprint density at radius 3 is 2.09 bits per heavy atom. The van der Waals surface area contributed by atoms with E-state index in [4.69, 9.17) is 14.9 Å². The molecule has 4 rings (SSSR count). The second kappa shape index (κ2) is 14.1. The molecule has 0 radical (unpaired) electrons. The Labute approximate surface area is 262 Å². The largest absolute Gasteiger partial charge is 0.493 e. The number of ether oxygens (including phenoxy) is 2. The number of nitrogens with zero attached hydrogens (tertiary/aromatic N) is 1. The lowest BCUT2D eigenvalue weighted by Crippen LogP contribution is -2.54. The third-order valence-electron chi connectivity index (χ3n) is 8.30. The molecule has 0 bridgehead atoms. The van der Waals surface area contributed by atoms with Crippen LogP contribution in [-0.2, 0) is 21.5 Å². The molecule has 2 aromatic carbocycles. The monoisotopic (exact) mass is 657 g/mol. The van der Waals surface area contributed by atoms with Crippen molar-refractivity contribution in [2.45, 2.75) is 82.0 Å². The molecule has 2 aromatic rings. The molecule has 2 fully saturated rings. The molecule has 2 saturated carbocycles. The van der Waals surface area contributed by atoms with E-state index < -0.39 is 46.6 Å². The predicted molar refractivity (Wildman–Crippen MR) is 157 cm³/mol. The number of hydrogen-bond acceptors (Lipinski definition) is 6. The maximum atomic E-state index is 13.6. The van der Waals surface area contributed by atoms with Gasteiger partial charge in [0.15, 0.2) is 17.5 Å². The quantitative estimate of drug-likeness (QED) is 0.104. The van der Waals surface area contributed by atoms with Crippen molar-refractivity contribution in [3.8, 4) is 11.5 Å². The molecule has 2 amide bonds. The van der Waals surface area contributed by atoms with Gasteiger partial charge in [0.1, 0.15) is 6.04 Å². The van der Waals surface area contributed by atoms with Crippen LogP contribution in [0.3, 0.4) is 0 Å². The van der Waals surface area contributed by atoms with Gasteiger partial charge in [-0.2, -0.15) is 4.90 Å². The standard InChI is InChI=1S/C31H37F6N5O4/c1-45-24-13-8-20(17-25(24)46-2)18-26(43)40-28(38)39-23(16-19-6-4-3-5-7-19)27(44)41-29(14-15-29)21-9-11-22(12-10-21)42(30(32,33)34)31(35,36)37/h8-13,17,19,23H,3-7,14-16,18H2,1-2H3,(H,41,44)(H3,38,39,40,43)/t23-/m1/s1. The second-order valence-electron chi connectivity index (χ2n) is 11.6. The normalized spacial score (nSPS) is 17.0. The summed E-state index contributed by atoms with van der Waals surface area (Å²) in [5.74, 6) is -0.253. The minimum atomic E-state index is -5.68. The Morgan fingerprint density at radius 2 is 1.54 bits per heavy atom. The number of nitrogens with one attached hydrogen (secondary N) is 4. The average molecular weight is 658 g/mol. The first-order valence-electron chi connectivity index (χ1n) is 14.9. The molecular formula is C31H37F6N5O4. The van der Waals surface area contributed by atoms with E-state index in [-0.39, 0.29) is 18.3 Å². The van der Waals surface area contributed by atoms with E-state index in [1.807, 2.05) is 0 Å². The van der Waals surface area contributed by atoms with Crippen LogP contribution < -0.4 is 30.3 Å². The highest BCUT2D eigenvalue weighted by Crippen LogP contribution is 2.47. The van der Waals surface area contributed by atoms with Gasteiger partial charge in [0.25, 0.3) is 0 Å². The zero-order chi connectivity index (χ0) is 33.7.